The lowest BCUT2D eigenvalue weighted by atomic mass is 9.93. The third-order valence-electron chi connectivity index (χ3n) is 4.73. The maximum absolute atomic E-state index is 12.4. The number of rotatable bonds is 4. The lowest BCUT2D eigenvalue weighted by Gasteiger charge is -2.18. The number of carbonyl (C=O) groups is 1. The number of pyridine rings is 1. The van der Waals surface area contributed by atoms with Gasteiger partial charge in [-0.15, -0.1) is 0 Å². The minimum Gasteiger partial charge on any atom is -0.342 e. The summed E-state index contributed by atoms with van der Waals surface area (Å²) in [7, 11) is 0. The second kappa shape index (κ2) is 6.95. The molecule has 1 aromatic carbocycles. The summed E-state index contributed by atoms with van der Waals surface area (Å²) in [6.45, 7) is 6.02. The van der Waals surface area contributed by atoms with Gasteiger partial charge in [0.25, 0.3) is 0 Å². The van der Waals surface area contributed by atoms with E-state index in [2.05, 4.69) is 37.0 Å². The minimum atomic E-state index is 0.253. The zero-order chi connectivity index (χ0) is 16.2. The third kappa shape index (κ3) is 3.79. The van der Waals surface area contributed by atoms with Gasteiger partial charge >= 0.3 is 0 Å². The van der Waals surface area contributed by atoms with Crippen molar-refractivity contribution in [3.8, 4) is 0 Å². The molecule has 0 aliphatic carbocycles. The van der Waals surface area contributed by atoms with Gasteiger partial charge in [0.15, 0.2) is 0 Å². The average Bonchev–Trinajstić information content (AvgIpc) is 3.03. The van der Waals surface area contributed by atoms with E-state index in [4.69, 9.17) is 0 Å². The van der Waals surface area contributed by atoms with Gasteiger partial charge in [-0.25, -0.2) is 0 Å². The van der Waals surface area contributed by atoms with Crippen LogP contribution in [-0.2, 0) is 11.2 Å². The van der Waals surface area contributed by atoms with E-state index < -0.39 is 0 Å². The summed E-state index contributed by atoms with van der Waals surface area (Å²) in [5.41, 5.74) is 5.03. The van der Waals surface area contributed by atoms with Gasteiger partial charge in [-0.1, -0.05) is 29.8 Å². The van der Waals surface area contributed by atoms with Crippen LogP contribution in [0.25, 0.3) is 0 Å². The summed E-state index contributed by atoms with van der Waals surface area (Å²) in [5, 5.41) is 0. The monoisotopic (exact) mass is 308 g/mol. The van der Waals surface area contributed by atoms with Crippen LogP contribution in [0.2, 0.25) is 0 Å². The van der Waals surface area contributed by atoms with E-state index in [1.165, 1.54) is 16.7 Å². The molecule has 0 radical (unpaired) electrons. The zero-order valence-corrected chi connectivity index (χ0v) is 14.0. The van der Waals surface area contributed by atoms with E-state index >= 15 is 0 Å². The number of hydrogen-bond acceptors (Lipinski definition) is 2. The van der Waals surface area contributed by atoms with Crippen molar-refractivity contribution in [2.45, 2.75) is 39.0 Å². The highest BCUT2D eigenvalue weighted by Gasteiger charge is 2.27. The van der Waals surface area contributed by atoms with E-state index in [0.717, 1.165) is 31.6 Å². The number of likely N-dealkylation sites (tertiary alicyclic amines) is 1. The highest BCUT2D eigenvalue weighted by Crippen LogP contribution is 2.30. The zero-order valence-electron chi connectivity index (χ0n) is 14.0. The van der Waals surface area contributed by atoms with Crippen LogP contribution in [0.4, 0.5) is 0 Å². The molecule has 3 nitrogen and oxygen atoms in total. The lowest BCUT2D eigenvalue weighted by molar-refractivity contribution is -0.130. The Hall–Kier alpha value is -2.16. The molecule has 120 valence electrons. The van der Waals surface area contributed by atoms with E-state index in [-0.39, 0.29) is 5.91 Å². The van der Waals surface area contributed by atoms with E-state index in [9.17, 15) is 4.79 Å². The van der Waals surface area contributed by atoms with Crippen LogP contribution in [0.3, 0.4) is 0 Å². The number of benzene rings is 1. The van der Waals surface area contributed by atoms with Gasteiger partial charge in [0, 0.05) is 37.3 Å². The first kappa shape index (κ1) is 15.7. The molecule has 1 aromatic heterocycles. The molecule has 0 saturated carbocycles. The Morgan fingerprint density at radius 3 is 2.87 bits per heavy atom. The van der Waals surface area contributed by atoms with Crippen molar-refractivity contribution in [1.82, 2.24) is 9.88 Å². The lowest BCUT2D eigenvalue weighted by Crippen LogP contribution is -2.28. The standard InChI is InChI=1S/C20H24N2O/c1-15-6-8-19(16(2)13-15)17-10-12-22(14-17)20(23)9-7-18-5-3-4-11-21-18/h3-6,8,11,13,17H,7,9-10,12,14H2,1-2H3/t17-/m1/s1. The van der Waals surface area contributed by atoms with Crippen LogP contribution < -0.4 is 0 Å². The topological polar surface area (TPSA) is 33.2 Å². The predicted octanol–water partition coefficient (Wildman–Crippen LogP) is 3.65. The molecule has 1 saturated heterocycles. The first-order valence-electron chi connectivity index (χ1n) is 8.38. The van der Waals surface area contributed by atoms with Crippen molar-refractivity contribution < 1.29 is 4.79 Å². The Bertz CT molecular complexity index is 681. The Balaban J connectivity index is 1.57. The molecule has 2 aromatic rings. The Kier molecular flexibility index (Phi) is 4.75. The van der Waals surface area contributed by atoms with Crippen molar-refractivity contribution in [2.24, 2.45) is 0 Å². The number of aromatic nitrogens is 1. The Labute approximate surface area is 138 Å². The fourth-order valence-corrected chi connectivity index (χ4v) is 3.46. The highest BCUT2D eigenvalue weighted by molar-refractivity contribution is 5.76. The second-order valence-electron chi connectivity index (χ2n) is 6.51. The molecule has 0 bridgehead atoms. The van der Waals surface area contributed by atoms with Crippen molar-refractivity contribution >= 4 is 5.91 Å². The summed E-state index contributed by atoms with van der Waals surface area (Å²) in [5.74, 6) is 0.734. The van der Waals surface area contributed by atoms with Gasteiger partial charge in [-0.05, 0) is 49.9 Å². The molecule has 1 aliphatic heterocycles. The first-order valence-corrected chi connectivity index (χ1v) is 8.38. The van der Waals surface area contributed by atoms with Gasteiger partial charge in [0.05, 0.1) is 0 Å². The molecule has 0 unspecified atom stereocenters. The van der Waals surface area contributed by atoms with Crippen LogP contribution in [0, 0.1) is 13.8 Å². The average molecular weight is 308 g/mol. The molecule has 3 rings (SSSR count). The summed E-state index contributed by atoms with van der Waals surface area (Å²) >= 11 is 0. The Morgan fingerprint density at radius 2 is 2.13 bits per heavy atom. The number of carbonyl (C=O) groups excluding carboxylic acids is 1. The molecule has 3 heteroatoms. The molecule has 1 fully saturated rings. The second-order valence-corrected chi connectivity index (χ2v) is 6.51. The molecule has 1 atom stereocenters. The van der Waals surface area contributed by atoms with Gasteiger partial charge in [0.2, 0.25) is 5.91 Å². The minimum absolute atomic E-state index is 0.253. The number of amides is 1. The SMILES string of the molecule is Cc1ccc([C@@H]2CCN(C(=O)CCc3ccccn3)C2)c(C)c1. The fourth-order valence-electron chi connectivity index (χ4n) is 3.46. The highest BCUT2D eigenvalue weighted by atomic mass is 16.2. The molecular weight excluding hydrogens is 284 g/mol. The van der Waals surface area contributed by atoms with Crippen LogP contribution in [-0.4, -0.2) is 28.9 Å². The van der Waals surface area contributed by atoms with Gasteiger partial charge < -0.3 is 4.90 Å². The fraction of sp³-hybridized carbons (Fsp3) is 0.400. The normalized spacial score (nSPS) is 17.5. The van der Waals surface area contributed by atoms with Crippen molar-refractivity contribution in [2.75, 3.05) is 13.1 Å². The molecule has 0 spiro atoms. The summed E-state index contributed by atoms with van der Waals surface area (Å²) in [6.07, 6.45) is 4.13. The van der Waals surface area contributed by atoms with Gasteiger partial charge in [0.1, 0.15) is 0 Å². The molecule has 2 heterocycles. The molecular formula is C20H24N2O. The van der Waals surface area contributed by atoms with Crippen molar-refractivity contribution in [3.63, 3.8) is 0 Å². The maximum Gasteiger partial charge on any atom is 0.222 e. The molecule has 1 aliphatic rings. The van der Waals surface area contributed by atoms with Crippen LogP contribution in [0.5, 0.6) is 0 Å². The first-order chi connectivity index (χ1) is 11.1. The molecule has 0 N–H and O–H groups in total. The van der Waals surface area contributed by atoms with E-state index in [1.807, 2.05) is 23.1 Å². The van der Waals surface area contributed by atoms with Crippen molar-refractivity contribution in [1.29, 1.82) is 0 Å². The molecule has 23 heavy (non-hydrogen) atoms. The maximum atomic E-state index is 12.4. The number of hydrogen-bond donors (Lipinski definition) is 0. The molecule has 1 amide bonds. The third-order valence-corrected chi connectivity index (χ3v) is 4.73. The van der Waals surface area contributed by atoms with Gasteiger partial charge in [-0.2, -0.15) is 0 Å². The van der Waals surface area contributed by atoms with E-state index in [0.29, 0.717) is 12.3 Å². The van der Waals surface area contributed by atoms with Crippen LogP contribution >= 0.6 is 0 Å². The van der Waals surface area contributed by atoms with Crippen molar-refractivity contribution in [3.05, 3.63) is 65.0 Å². The predicted molar refractivity (Wildman–Crippen MR) is 92.4 cm³/mol. The van der Waals surface area contributed by atoms with Gasteiger partial charge in [-0.3, -0.25) is 9.78 Å². The largest absolute Gasteiger partial charge is 0.342 e. The quantitative estimate of drug-likeness (QED) is 0.864. The number of aryl methyl sites for hydroxylation is 3. The summed E-state index contributed by atoms with van der Waals surface area (Å²) in [6, 6.07) is 12.5. The van der Waals surface area contributed by atoms with Crippen LogP contribution in [0.15, 0.2) is 42.6 Å². The smallest absolute Gasteiger partial charge is 0.222 e. The van der Waals surface area contributed by atoms with Crippen LogP contribution in [0.1, 0.15) is 41.1 Å². The Morgan fingerprint density at radius 1 is 1.26 bits per heavy atom. The number of nitrogens with zero attached hydrogens (tertiary/aromatic N) is 2. The van der Waals surface area contributed by atoms with E-state index in [1.54, 1.807) is 6.20 Å². The summed E-state index contributed by atoms with van der Waals surface area (Å²) < 4.78 is 0. The summed E-state index contributed by atoms with van der Waals surface area (Å²) in [4.78, 5) is 18.7.